The molecule has 1 aromatic heterocycles. The third-order valence-electron chi connectivity index (χ3n) is 6.59. The van der Waals surface area contributed by atoms with Crippen molar-refractivity contribution in [2.75, 3.05) is 50.9 Å². The average molecular weight is 507 g/mol. The van der Waals surface area contributed by atoms with Gasteiger partial charge in [-0.1, -0.05) is 17.7 Å². The highest BCUT2D eigenvalue weighted by molar-refractivity contribution is 6.35. The van der Waals surface area contributed by atoms with Crippen LogP contribution in [0.5, 0.6) is 11.5 Å². The Morgan fingerprint density at radius 2 is 2.00 bits per heavy atom. The quantitative estimate of drug-likeness (QED) is 0.639. The molecule has 3 aliphatic rings. The first-order valence-electron chi connectivity index (χ1n) is 11.2. The van der Waals surface area contributed by atoms with Gasteiger partial charge in [-0.15, -0.1) is 0 Å². The van der Waals surface area contributed by atoms with Crippen molar-refractivity contribution in [3.8, 4) is 22.8 Å². The predicted octanol–water partition coefficient (Wildman–Crippen LogP) is 2.67. The van der Waals surface area contributed by atoms with Crippen molar-refractivity contribution < 1.29 is 33.7 Å². The summed E-state index contributed by atoms with van der Waals surface area (Å²) in [6.45, 7) is 3.57. The maximum atomic E-state index is 14.8. The Hall–Kier alpha value is -3.31. The molecule has 10 nitrogen and oxygen atoms in total. The lowest BCUT2D eigenvalue weighted by atomic mass is 10.0. The summed E-state index contributed by atoms with van der Waals surface area (Å²) >= 11 is 6.68. The first-order valence-corrected chi connectivity index (χ1v) is 11.6. The molecule has 0 spiro atoms. The fourth-order valence-electron chi connectivity index (χ4n) is 4.78. The zero-order valence-electron chi connectivity index (χ0n) is 18.9. The van der Waals surface area contributed by atoms with E-state index < -0.39 is 18.0 Å². The number of rotatable bonds is 2. The SMILES string of the molecule is C[C@H]1COCCN1c1nc(-c2c(O)cccc2F)c(Cl)c2c1C(=O)N1CCN(C(=O)O)C[C@@H]1CO2. The highest BCUT2D eigenvalue weighted by Gasteiger charge is 2.41. The van der Waals surface area contributed by atoms with Gasteiger partial charge in [0.05, 0.1) is 30.9 Å². The van der Waals surface area contributed by atoms with Crippen molar-refractivity contribution >= 4 is 29.4 Å². The van der Waals surface area contributed by atoms with Gasteiger partial charge < -0.3 is 34.4 Å². The molecule has 0 saturated carbocycles. The number of fused-ring (bicyclic) bond motifs is 2. The molecule has 0 unspecified atom stereocenters. The van der Waals surface area contributed by atoms with Crippen molar-refractivity contribution in [1.82, 2.24) is 14.8 Å². The molecule has 3 aliphatic heterocycles. The van der Waals surface area contributed by atoms with Gasteiger partial charge in [0.1, 0.15) is 40.3 Å². The van der Waals surface area contributed by atoms with E-state index in [2.05, 4.69) is 4.98 Å². The summed E-state index contributed by atoms with van der Waals surface area (Å²) in [4.78, 5) is 34.7. The van der Waals surface area contributed by atoms with E-state index in [9.17, 15) is 24.2 Å². The number of ether oxygens (including phenoxy) is 2. The van der Waals surface area contributed by atoms with Crippen LogP contribution in [0.25, 0.3) is 11.3 Å². The number of aromatic hydroxyl groups is 1. The van der Waals surface area contributed by atoms with Crippen molar-refractivity contribution in [1.29, 1.82) is 0 Å². The molecule has 4 heterocycles. The Bertz CT molecular complexity index is 1180. The number of halogens is 2. The zero-order valence-corrected chi connectivity index (χ0v) is 19.7. The van der Waals surface area contributed by atoms with Crippen LogP contribution in [0.15, 0.2) is 18.2 Å². The number of piperazine rings is 1. The van der Waals surface area contributed by atoms with Gasteiger partial charge in [-0.05, 0) is 19.1 Å². The molecule has 1 aromatic carbocycles. The molecular weight excluding hydrogens is 483 g/mol. The second kappa shape index (κ2) is 9.04. The number of pyridine rings is 1. The molecule has 2 amide bonds. The highest BCUT2D eigenvalue weighted by atomic mass is 35.5. The first-order chi connectivity index (χ1) is 16.8. The number of amides is 2. The number of carbonyl (C=O) groups excluding carboxylic acids is 1. The molecule has 12 heteroatoms. The topological polar surface area (TPSA) is 116 Å². The fourth-order valence-corrected chi connectivity index (χ4v) is 5.07. The van der Waals surface area contributed by atoms with Crippen LogP contribution in [0, 0.1) is 5.82 Å². The molecule has 2 N–H and O–H groups in total. The second-order valence-corrected chi connectivity index (χ2v) is 9.12. The van der Waals surface area contributed by atoms with E-state index in [1.54, 1.807) is 4.90 Å². The monoisotopic (exact) mass is 506 g/mol. The Balaban J connectivity index is 1.69. The predicted molar refractivity (Wildman–Crippen MR) is 124 cm³/mol. The zero-order chi connectivity index (χ0) is 24.9. The minimum absolute atomic E-state index is 0.00689. The number of phenolic OH excluding ortho intramolecular Hbond substituents is 1. The van der Waals surface area contributed by atoms with E-state index >= 15 is 0 Å². The minimum atomic E-state index is -1.07. The lowest BCUT2D eigenvalue weighted by Crippen LogP contribution is -2.57. The number of hydrogen-bond donors (Lipinski definition) is 2. The normalized spacial score (nSPS) is 22.3. The van der Waals surface area contributed by atoms with Crippen LogP contribution >= 0.6 is 11.6 Å². The molecule has 2 saturated heterocycles. The van der Waals surface area contributed by atoms with Crippen LogP contribution in [0.1, 0.15) is 17.3 Å². The molecule has 186 valence electrons. The second-order valence-electron chi connectivity index (χ2n) is 8.75. The Morgan fingerprint density at radius 3 is 2.71 bits per heavy atom. The standard InChI is InChI=1S/C23H24ClFN4O6/c1-12-10-34-8-7-28(12)21-17-20(18(24)19(26-21)16-14(25)3-2-4-15(16)30)35-11-13-9-27(23(32)33)5-6-29(13)22(17)31/h2-4,12-13,30H,5-11H2,1H3,(H,32,33)/t12-,13+/m0/s1. The summed E-state index contributed by atoms with van der Waals surface area (Å²) in [5.74, 6) is -1.18. The van der Waals surface area contributed by atoms with E-state index in [0.29, 0.717) is 19.8 Å². The summed E-state index contributed by atoms with van der Waals surface area (Å²) < 4.78 is 26.4. The molecule has 2 atom stereocenters. The smallest absolute Gasteiger partial charge is 0.407 e. The third kappa shape index (κ3) is 3.98. The van der Waals surface area contributed by atoms with Gasteiger partial charge in [-0.2, -0.15) is 0 Å². The van der Waals surface area contributed by atoms with Gasteiger partial charge in [0.25, 0.3) is 5.91 Å². The summed E-state index contributed by atoms with van der Waals surface area (Å²) in [7, 11) is 0. The average Bonchev–Trinajstić information content (AvgIpc) is 2.97. The van der Waals surface area contributed by atoms with Gasteiger partial charge in [-0.3, -0.25) is 4.79 Å². The lowest BCUT2D eigenvalue weighted by Gasteiger charge is -2.39. The van der Waals surface area contributed by atoms with Crippen molar-refractivity contribution in [2.45, 2.75) is 19.0 Å². The molecule has 0 bridgehead atoms. The summed E-state index contributed by atoms with van der Waals surface area (Å²) in [6.07, 6.45) is -1.07. The summed E-state index contributed by atoms with van der Waals surface area (Å²) in [5, 5.41) is 19.7. The first kappa shape index (κ1) is 23.4. The van der Waals surface area contributed by atoms with Crippen molar-refractivity contribution in [2.24, 2.45) is 0 Å². The van der Waals surface area contributed by atoms with E-state index in [-0.39, 0.29) is 77.4 Å². The number of anilines is 1. The number of aromatic nitrogens is 1. The van der Waals surface area contributed by atoms with Crippen LogP contribution in [0.2, 0.25) is 5.02 Å². The molecule has 35 heavy (non-hydrogen) atoms. The number of carbonyl (C=O) groups is 2. The van der Waals surface area contributed by atoms with E-state index in [1.807, 2.05) is 11.8 Å². The maximum absolute atomic E-state index is 14.8. The molecule has 0 radical (unpaired) electrons. The number of carboxylic acid groups (broad SMARTS) is 1. The van der Waals surface area contributed by atoms with E-state index in [0.717, 1.165) is 0 Å². The molecule has 0 aliphatic carbocycles. The summed E-state index contributed by atoms with van der Waals surface area (Å²) in [6, 6.07) is 3.19. The van der Waals surface area contributed by atoms with Crippen molar-refractivity contribution in [3.63, 3.8) is 0 Å². The van der Waals surface area contributed by atoms with Crippen LogP contribution in [0.4, 0.5) is 15.0 Å². The largest absolute Gasteiger partial charge is 0.507 e. The van der Waals surface area contributed by atoms with Crippen LogP contribution < -0.4 is 9.64 Å². The van der Waals surface area contributed by atoms with E-state index in [1.165, 1.54) is 23.1 Å². The van der Waals surface area contributed by atoms with Crippen LogP contribution in [-0.2, 0) is 4.74 Å². The highest BCUT2D eigenvalue weighted by Crippen LogP contribution is 2.46. The van der Waals surface area contributed by atoms with Crippen LogP contribution in [0.3, 0.4) is 0 Å². The number of benzene rings is 1. The lowest BCUT2D eigenvalue weighted by molar-refractivity contribution is 0.0390. The van der Waals surface area contributed by atoms with Gasteiger partial charge in [0.2, 0.25) is 0 Å². The molecule has 2 fully saturated rings. The Labute approximate surface area is 205 Å². The third-order valence-corrected chi connectivity index (χ3v) is 6.94. The maximum Gasteiger partial charge on any atom is 0.407 e. The molecule has 2 aromatic rings. The van der Waals surface area contributed by atoms with Crippen LogP contribution in [-0.4, -0.2) is 95.1 Å². The Kier molecular flexibility index (Phi) is 6.06. The number of morpholine rings is 1. The molecular formula is C23H24ClFN4O6. The number of phenols is 1. The van der Waals surface area contributed by atoms with Crippen molar-refractivity contribution in [3.05, 3.63) is 34.6 Å². The van der Waals surface area contributed by atoms with E-state index in [4.69, 9.17) is 21.1 Å². The number of nitrogens with zero attached hydrogens (tertiary/aromatic N) is 4. The summed E-state index contributed by atoms with van der Waals surface area (Å²) in [5.41, 5.74) is -0.110. The van der Waals surface area contributed by atoms with Gasteiger partial charge in [0.15, 0.2) is 5.75 Å². The van der Waals surface area contributed by atoms with Gasteiger partial charge in [-0.25, -0.2) is 14.2 Å². The van der Waals surface area contributed by atoms with Gasteiger partial charge in [0, 0.05) is 26.2 Å². The minimum Gasteiger partial charge on any atom is -0.507 e. The number of hydrogen-bond acceptors (Lipinski definition) is 7. The molecule has 5 rings (SSSR count). The fraction of sp³-hybridized carbons (Fsp3) is 0.435. The Morgan fingerprint density at radius 1 is 1.20 bits per heavy atom. The van der Waals surface area contributed by atoms with Gasteiger partial charge >= 0.3 is 6.09 Å².